The summed E-state index contributed by atoms with van der Waals surface area (Å²) in [4.78, 5) is 12.6. The Balaban J connectivity index is 2.20. The number of hydrogen-bond acceptors (Lipinski definition) is 3. The summed E-state index contributed by atoms with van der Waals surface area (Å²) in [5, 5.41) is 0. The molecule has 0 amide bonds. The molecule has 5 atom stereocenters. The third-order valence-electron chi connectivity index (χ3n) is 4.62. The average Bonchev–Trinajstić information content (AvgIpc) is 2.51. The van der Waals surface area contributed by atoms with Crippen molar-refractivity contribution in [2.24, 2.45) is 11.8 Å². The van der Waals surface area contributed by atoms with Crippen molar-refractivity contribution in [3.63, 3.8) is 0 Å². The first kappa shape index (κ1) is 17.4. The molecule has 3 nitrogen and oxygen atoms in total. The molecule has 0 radical (unpaired) electrons. The molecule has 0 aromatic heterocycles. The van der Waals surface area contributed by atoms with Crippen molar-refractivity contribution < 1.29 is 13.4 Å². The van der Waals surface area contributed by atoms with Gasteiger partial charge in [-0.15, -0.1) is 0 Å². The fourth-order valence-electron chi connectivity index (χ4n) is 3.43. The predicted octanol–water partition coefficient (Wildman–Crippen LogP) is 3.46. The van der Waals surface area contributed by atoms with Crippen molar-refractivity contribution in [2.75, 3.05) is 0 Å². The topological polar surface area (TPSA) is 43.4 Å². The van der Waals surface area contributed by atoms with Crippen LogP contribution in [-0.4, -0.2) is 25.9 Å². The third kappa shape index (κ3) is 3.33. The van der Waals surface area contributed by atoms with Crippen molar-refractivity contribution in [2.45, 2.75) is 57.4 Å². The zero-order chi connectivity index (χ0) is 16.3. The fraction of sp³-hybridized carbons (Fsp3) is 0.611. The van der Waals surface area contributed by atoms with Gasteiger partial charge in [0.15, 0.2) is 0 Å². The quantitative estimate of drug-likeness (QED) is 0.590. The molecule has 22 heavy (non-hydrogen) atoms. The zero-order valence-corrected chi connectivity index (χ0v) is 15.6. The van der Waals surface area contributed by atoms with Crippen LogP contribution in [0.25, 0.3) is 0 Å². The summed E-state index contributed by atoms with van der Waals surface area (Å²) in [6, 6.07) is 9.35. The third-order valence-corrected chi connectivity index (χ3v) is 8.50. The van der Waals surface area contributed by atoms with E-state index >= 15 is 0 Å². The Labute approximate surface area is 137 Å². The second-order valence-corrected chi connectivity index (χ2v) is 10.6. The summed E-state index contributed by atoms with van der Waals surface area (Å²) >= 11 is -2.50. The molecular formula is C18H26O3Se. The van der Waals surface area contributed by atoms with Crippen LogP contribution in [0, 0.1) is 11.8 Å². The molecule has 4 heteroatoms. The number of carbonyl (C=O) groups excluding carboxylic acids is 1. The number of esters is 1. The summed E-state index contributed by atoms with van der Waals surface area (Å²) < 4.78 is 18.7. The van der Waals surface area contributed by atoms with E-state index in [2.05, 4.69) is 20.8 Å². The van der Waals surface area contributed by atoms with Crippen LogP contribution in [-0.2, 0) is 13.4 Å². The van der Waals surface area contributed by atoms with E-state index in [0.29, 0.717) is 12.3 Å². The first-order valence-electron chi connectivity index (χ1n) is 8.08. The molecule has 1 aromatic carbocycles. The fourth-order valence-corrected chi connectivity index (χ4v) is 6.66. The molecule has 2 rings (SSSR count). The van der Waals surface area contributed by atoms with Gasteiger partial charge in [-0.05, 0) is 0 Å². The molecule has 1 aliphatic rings. The van der Waals surface area contributed by atoms with Crippen LogP contribution < -0.4 is 4.46 Å². The van der Waals surface area contributed by atoms with Crippen LogP contribution in [0.5, 0.6) is 0 Å². The Morgan fingerprint density at radius 2 is 2.00 bits per heavy atom. The van der Waals surface area contributed by atoms with Gasteiger partial charge < -0.3 is 0 Å². The molecule has 1 aliphatic heterocycles. The summed E-state index contributed by atoms with van der Waals surface area (Å²) in [6.45, 7) is 8.22. The molecule has 1 saturated heterocycles. The van der Waals surface area contributed by atoms with Gasteiger partial charge in [0, 0.05) is 0 Å². The van der Waals surface area contributed by atoms with Crippen molar-refractivity contribution in [3.05, 3.63) is 30.3 Å². The van der Waals surface area contributed by atoms with Gasteiger partial charge in [0.25, 0.3) is 0 Å². The minimum absolute atomic E-state index is 0.0462. The molecule has 0 aliphatic carbocycles. The molecule has 0 spiro atoms. The molecule has 0 bridgehead atoms. The second-order valence-electron chi connectivity index (χ2n) is 6.63. The van der Waals surface area contributed by atoms with Gasteiger partial charge in [0.2, 0.25) is 0 Å². The van der Waals surface area contributed by atoms with Crippen LogP contribution in [0.15, 0.2) is 30.3 Å². The van der Waals surface area contributed by atoms with Gasteiger partial charge in [-0.1, -0.05) is 0 Å². The molecule has 122 valence electrons. The number of ether oxygens (including phenoxy) is 1. The Morgan fingerprint density at radius 1 is 1.36 bits per heavy atom. The van der Waals surface area contributed by atoms with Crippen molar-refractivity contribution in [1.82, 2.24) is 0 Å². The maximum absolute atomic E-state index is 13.0. The monoisotopic (exact) mass is 370 g/mol. The van der Waals surface area contributed by atoms with Gasteiger partial charge in [-0.25, -0.2) is 0 Å². The predicted molar refractivity (Wildman–Crippen MR) is 88.6 cm³/mol. The van der Waals surface area contributed by atoms with Gasteiger partial charge >= 0.3 is 137 Å². The molecule has 1 aromatic rings. The van der Waals surface area contributed by atoms with Gasteiger partial charge in [0.05, 0.1) is 0 Å². The van der Waals surface area contributed by atoms with E-state index in [4.69, 9.17) is 4.74 Å². The molecule has 2 unspecified atom stereocenters. The Bertz CT molecular complexity index is 543. The van der Waals surface area contributed by atoms with Crippen molar-refractivity contribution in [1.29, 1.82) is 0 Å². The van der Waals surface area contributed by atoms with Crippen LogP contribution in [0.1, 0.15) is 47.0 Å². The van der Waals surface area contributed by atoms with Crippen LogP contribution in [0.2, 0.25) is 4.31 Å². The number of carbonyl (C=O) groups is 1. The van der Waals surface area contributed by atoms with E-state index in [1.54, 1.807) is 0 Å². The van der Waals surface area contributed by atoms with Crippen LogP contribution in [0.4, 0.5) is 0 Å². The summed E-state index contributed by atoms with van der Waals surface area (Å²) in [5.41, 5.74) is 0. The molecule has 1 fully saturated rings. The minimum atomic E-state index is -2.50. The Morgan fingerprint density at radius 3 is 2.59 bits per heavy atom. The molecule has 1 heterocycles. The molecule has 0 saturated carbocycles. The Kier molecular flexibility index (Phi) is 5.57. The van der Waals surface area contributed by atoms with E-state index < -0.39 is 18.1 Å². The van der Waals surface area contributed by atoms with E-state index in [-0.39, 0.29) is 18.0 Å². The number of benzene rings is 1. The van der Waals surface area contributed by atoms with Gasteiger partial charge in [0.1, 0.15) is 0 Å². The van der Waals surface area contributed by atoms with Crippen molar-refractivity contribution >= 4 is 24.3 Å². The van der Waals surface area contributed by atoms with E-state index in [9.17, 15) is 8.63 Å². The second kappa shape index (κ2) is 7.06. The standard InChI is InChI=1S/C18H26O3Se/c1-5-9-13(2)16-14(3)12-18(4,17(19)21-16)22(20)15-10-7-6-8-11-15/h6-8,10-11,13-14,16H,5,9,12H2,1-4H3/t13-,14-,16+,18?,22?/m1/s1. The van der Waals surface area contributed by atoms with Crippen LogP contribution >= 0.6 is 0 Å². The molecular weight excluding hydrogens is 343 g/mol. The number of hydrogen-bond donors (Lipinski definition) is 0. The van der Waals surface area contributed by atoms with E-state index in [1.165, 1.54) is 0 Å². The average molecular weight is 369 g/mol. The Hall–Kier alpha value is -0.991. The molecule has 0 N–H and O–H groups in total. The zero-order valence-electron chi connectivity index (χ0n) is 13.9. The van der Waals surface area contributed by atoms with Gasteiger partial charge in [-0.2, -0.15) is 0 Å². The number of rotatable bonds is 5. The van der Waals surface area contributed by atoms with E-state index in [1.807, 2.05) is 37.3 Å². The van der Waals surface area contributed by atoms with E-state index in [0.717, 1.165) is 17.3 Å². The van der Waals surface area contributed by atoms with Gasteiger partial charge in [-0.3, -0.25) is 0 Å². The summed E-state index contributed by atoms with van der Waals surface area (Å²) in [5.74, 6) is 0.325. The summed E-state index contributed by atoms with van der Waals surface area (Å²) in [6.07, 6.45) is 2.74. The first-order valence-corrected chi connectivity index (χ1v) is 10.5. The SMILES string of the molecule is CCC[C@@H](C)[C@@H]1OC(=O)C(C)([Se](=O)c2ccccc2)C[C@H]1C. The van der Waals surface area contributed by atoms with Crippen LogP contribution in [0.3, 0.4) is 0 Å². The van der Waals surface area contributed by atoms with Crippen molar-refractivity contribution in [3.8, 4) is 0 Å². The summed E-state index contributed by atoms with van der Waals surface area (Å²) in [7, 11) is 0. The number of cyclic esters (lactones) is 1. The normalized spacial score (nSPS) is 31.4. The first-order chi connectivity index (χ1) is 10.4. The maximum atomic E-state index is 13.0.